The van der Waals surface area contributed by atoms with Crippen molar-refractivity contribution >= 4 is 46.4 Å². The molecule has 1 aliphatic rings. The standard InChI is InChI=1S/C23H28Cl3N3O4/c1-32-22-10-21(27)20(26)9-17(22)23(31)28-11-14-4-6-29(7-5-14)12-15(30)13-33-16-2-3-18(24)19(25)8-16/h2-3,8-10,14-15,30H,4-7,11-13,27H2,1H3,(H,28,31). The molecule has 10 heteroatoms. The van der Waals surface area contributed by atoms with E-state index in [-0.39, 0.29) is 12.5 Å². The Kier molecular flexibility index (Phi) is 9.35. The lowest BCUT2D eigenvalue weighted by Gasteiger charge is -2.33. The number of amides is 1. The fraction of sp³-hybridized carbons (Fsp3) is 0.435. The molecule has 2 aromatic rings. The number of methoxy groups -OCH3 is 1. The van der Waals surface area contributed by atoms with Gasteiger partial charge >= 0.3 is 0 Å². The lowest BCUT2D eigenvalue weighted by molar-refractivity contribution is 0.0548. The van der Waals surface area contributed by atoms with Crippen molar-refractivity contribution in [1.29, 1.82) is 0 Å². The number of nitrogens with zero attached hydrogens (tertiary/aromatic N) is 1. The molecule has 1 saturated heterocycles. The van der Waals surface area contributed by atoms with E-state index < -0.39 is 6.10 Å². The van der Waals surface area contributed by atoms with Crippen molar-refractivity contribution in [2.24, 2.45) is 5.92 Å². The van der Waals surface area contributed by atoms with Gasteiger partial charge in [0.25, 0.3) is 5.91 Å². The van der Waals surface area contributed by atoms with Gasteiger partial charge in [-0.3, -0.25) is 4.79 Å². The lowest BCUT2D eigenvalue weighted by Crippen LogP contribution is -2.42. The van der Waals surface area contributed by atoms with Crippen molar-refractivity contribution in [3.8, 4) is 11.5 Å². The number of anilines is 1. The zero-order chi connectivity index (χ0) is 24.0. The third-order valence-electron chi connectivity index (χ3n) is 5.62. The van der Waals surface area contributed by atoms with Crippen LogP contribution in [-0.4, -0.2) is 61.9 Å². The largest absolute Gasteiger partial charge is 0.496 e. The van der Waals surface area contributed by atoms with Crippen LogP contribution in [0.15, 0.2) is 30.3 Å². The molecule has 0 aromatic heterocycles. The minimum Gasteiger partial charge on any atom is -0.496 e. The fourth-order valence-corrected chi connectivity index (χ4v) is 4.18. The first kappa shape index (κ1) is 25.7. The molecule has 1 aliphatic heterocycles. The Morgan fingerprint density at radius 3 is 2.58 bits per heavy atom. The molecule has 0 radical (unpaired) electrons. The van der Waals surface area contributed by atoms with Gasteiger partial charge in [-0.2, -0.15) is 0 Å². The maximum atomic E-state index is 12.6. The highest BCUT2D eigenvalue weighted by Crippen LogP contribution is 2.29. The van der Waals surface area contributed by atoms with Crippen molar-refractivity contribution in [3.05, 3.63) is 51.0 Å². The summed E-state index contributed by atoms with van der Waals surface area (Å²) in [5.74, 6) is 1.06. The van der Waals surface area contributed by atoms with Crippen LogP contribution in [0.5, 0.6) is 11.5 Å². The van der Waals surface area contributed by atoms with Gasteiger partial charge < -0.3 is 30.5 Å². The average molecular weight is 517 g/mol. The fourth-order valence-electron chi connectivity index (χ4n) is 3.73. The van der Waals surface area contributed by atoms with Crippen LogP contribution in [0.4, 0.5) is 5.69 Å². The van der Waals surface area contributed by atoms with Gasteiger partial charge in [0, 0.05) is 25.2 Å². The minimum absolute atomic E-state index is 0.167. The van der Waals surface area contributed by atoms with E-state index in [1.807, 2.05) is 0 Å². The summed E-state index contributed by atoms with van der Waals surface area (Å²) in [6.45, 7) is 2.91. The summed E-state index contributed by atoms with van der Waals surface area (Å²) in [5.41, 5.74) is 6.50. The molecule has 1 fully saturated rings. The summed E-state index contributed by atoms with van der Waals surface area (Å²) < 4.78 is 10.9. The number of likely N-dealkylation sites (tertiary alicyclic amines) is 1. The zero-order valence-electron chi connectivity index (χ0n) is 18.3. The number of hydrogen-bond acceptors (Lipinski definition) is 6. The van der Waals surface area contributed by atoms with Crippen LogP contribution in [-0.2, 0) is 0 Å². The van der Waals surface area contributed by atoms with Crippen molar-refractivity contribution in [1.82, 2.24) is 10.2 Å². The van der Waals surface area contributed by atoms with Gasteiger partial charge in [-0.05, 0) is 50.0 Å². The number of ether oxygens (including phenoxy) is 2. The van der Waals surface area contributed by atoms with E-state index in [2.05, 4.69) is 10.2 Å². The third-order valence-corrected chi connectivity index (χ3v) is 6.69. The molecule has 0 saturated carbocycles. The van der Waals surface area contributed by atoms with Crippen molar-refractivity contribution in [3.63, 3.8) is 0 Å². The van der Waals surface area contributed by atoms with Crippen LogP contribution >= 0.6 is 34.8 Å². The van der Waals surface area contributed by atoms with E-state index in [0.717, 1.165) is 25.9 Å². The maximum Gasteiger partial charge on any atom is 0.255 e. The summed E-state index contributed by atoms with van der Waals surface area (Å²) in [4.78, 5) is 14.8. The van der Waals surface area contributed by atoms with Gasteiger partial charge in [0.1, 0.15) is 24.2 Å². The Labute approximate surface area is 208 Å². The number of carbonyl (C=O) groups excluding carboxylic acids is 1. The molecular formula is C23H28Cl3N3O4. The number of piperidine rings is 1. The van der Waals surface area contributed by atoms with Gasteiger partial charge in [0.2, 0.25) is 0 Å². The molecule has 1 amide bonds. The highest BCUT2D eigenvalue weighted by molar-refractivity contribution is 6.42. The van der Waals surface area contributed by atoms with Crippen molar-refractivity contribution < 1.29 is 19.4 Å². The molecule has 33 heavy (non-hydrogen) atoms. The number of β-amino-alcohol motifs (C(OH)–C–C–N with tert-alkyl or cyclic N) is 1. The Morgan fingerprint density at radius 1 is 1.18 bits per heavy atom. The molecular weight excluding hydrogens is 489 g/mol. The Bertz CT molecular complexity index is 968. The van der Waals surface area contributed by atoms with Gasteiger partial charge in [0.15, 0.2) is 0 Å². The number of hydrogen-bond donors (Lipinski definition) is 3. The molecule has 0 spiro atoms. The van der Waals surface area contributed by atoms with Crippen LogP contribution in [0.2, 0.25) is 15.1 Å². The second-order valence-electron chi connectivity index (χ2n) is 8.07. The molecule has 0 aliphatic carbocycles. The van der Waals surface area contributed by atoms with E-state index in [0.29, 0.717) is 56.8 Å². The Hall–Kier alpha value is -1.90. The number of nitrogen functional groups attached to an aromatic ring is 1. The summed E-state index contributed by atoms with van der Waals surface area (Å²) in [5, 5.41) is 14.5. The van der Waals surface area contributed by atoms with Crippen LogP contribution < -0.4 is 20.5 Å². The van der Waals surface area contributed by atoms with Gasteiger partial charge in [-0.1, -0.05) is 34.8 Å². The number of benzene rings is 2. The molecule has 1 heterocycles. The Balaban J connectivity index is 1.39. The molecule has 3 rings (SSSR count). The summed E-state index contributed by atoms with van der Waals surface area (Å²) in [7, 11) is 1.49. The molecule has 4 N–H and O–H groups in total. The monoisotopic (exact) mass is 515 g/mol. The lowest BCUT2D eigenvalue weighted by atomic mass is 9.96. The van der Waals surface area contributed by atoms with E-state index in [1.54, 1.807) is 24.3 Å². The van der Waals surface area contributed by atoms with Crippen LogP contribution in [0.1, 0.15) is 23.2 Å². The average Bonchev–Trinajstić information content (AvgIpc) is 2.80. The molecule has 0 bridgehead atoms. The smallest absolute Gasteiger partial charge is 0.255 e. The number of carbonyl (C=O) groups is 1. The van der Waals surface area contributed by atoms with Gasteiger partial charge in [0.05, 0.1) is 33.4 Å². The molecule has 7 nitrogen and oxygen atoms in total. The molecule has 180 valence electrons. The first-order chi connectivity index (χ1) is 15.8. The predicted octanol–water partition coefficient (Wildman–Crippen LogP) is 4.12. The first-order valence-electron chi connectivity index (χ1n) is 10.7. The van der Waals surface area contributed by atoms with Crippen LogP contribution in [0.3, 0.4) is 0 Å². The second kappa shape index (κ2) is 12.0. The van der Waals surface area contributed by atoms with Crippen molar-refractivity contribution in [2.75, 3.05) is 45.6 Å². The molecule has 1 unspecified atom stereocenters. The Morgan fingerprint density at radius 2 is 1.91 bits per heavy atom. The number of halogens is 3. The SMILES string of the molecule is COc1cc(N)c(Cl)cc1C(=O)NCC1CCN(CC(O)COc2ccc(Cl)c(Cl)c2)CC1. The van der Waals surface area contributed by atoms with Crippen LogP contribution in [0.25, 0.3) is 0 Å². The summed E-state index contributed by atoms with van der Waals surface area (Å²) >= 11 is 17.9. The maximum absolute atomic E-state index is 12.6. The molecule has 1 atom stereocenters. The number of nitrogens with one attached hydrogen (secondary N) is 1. The number of nitrogens with two attached hydrogens (primary N) is 1. The van der Waals surface area contributed by atoms with E-state index in [4.69, 9.17) is 50.0 Å². The summed E-state index contributed by atoms with van der Waals surface area (Å²) in [6.07, 6.45) is 1.21. The van der Waals surface area contributed by atoms with Crippen LogP contribution in [0, 0.1) is 5.92 Å². The molecule has 2 aromatic carbocycles. The second-order valence-corrected chi connectivity index (χ2v) is 9.29. The number of aliphatic hydroxyl groups excluding tert-OH is 1. The van der Waals surface area contributed by atoms with Gasteiger partial charge in [-0.15, -0.1) is 0 Å². The number of rotatable bonds is 9. The normalized spacial score (nSPS) is 15.8. The third kappa shape index (κ3) is 7.29. The first-order valence-corrected chi connectivity index (χ1v) is 11.8. The van der Waals surface area contributed by atoms with Crippen molar-refractivity contribution in [2.45, 2.75) is 18.9 Å². The topological polar surface area (TPSA) is 97.0 Å². The highest BCUT2D eigenvalue weighted by atomic mass is 35.5. The van der Waals surface area contributed by atoms with E-state index >= 15 is 0 Å². The quantitative estimate of drug-likeness (QED) is 0.434. The van der Waals surface area contributed by atoms with E-state index in [1.165, 1.54) is 13.2 Å². The zero-order valence-corrected chi connectivity index (χ0v) is 20.6. The number of aliphatic hydroxyl groups is 1. The summed E-state index contributed by atoms with van der Waals surface area (Å²) in [6, 6.07) is 8.08. The highest BCUT2D eigenvalue weighted by Gasteiger charge is 2.23. The minimum atomic E-state index is -0.626. The predicted molar refractivity (Wildman–Crippen MR) is 132 cm³/mol. The van der Waals surface area contributed by atoms with E-state index in [9.17, 15) is 9.90 Å². The van der Waals surface area contributed by atoms with Gasteiger partial charge in [-0.25, -0.2) is 0 Å².